The Kier molecular flexibility index (Phi) is 3.47. The predicted octanol–water partition coefficient (Wildman–Crippen LogP) is 2.25. The maximum atomic E-state index is 13.3. The lowest BCUT2D eigenvalue weighted by Crippen LogP contribution is -2.05. The van der Waals surface area contributed by atoms with E-state index in [-0.39, 0.29) is 11.3 Å². The third kappa shape index (κ3) is 2.36. The SMILES string of the molecule is COc1c(CC(=O)O)cc(F)c(Cl)c1F. The summed E-state index contributed by atoms with van der Waals surface area (Å²) in [4.78, 5) is 10.4. The molecule has 0 fully saturated rings. The summed E-state index contributed by atoms with van der Waals surface area (Å²) in [5.41, 5.74) is -0.0931. The van der Waals surface area contributed by atoms with Crippen molar-refractivity contribution in [3.63, 3.8) is 0 Å². The van der Waals surface area contributed by atoms with Crippen LogP contribution in [0.25, 0.3) is 0 Å². The number of carboxylic acids is 1. The predicted molar refractivity (Wildman–Crippen MR) is 49.3 cm³/mol. The molecule has 0 spiro atoms. The second-order valence-electron chi connectivity index (χ2n) is 2.75. The van der Waals surface area contributed by atoms with E-state index in [1.807, 2.05) is 0 Å². The normalized spacial score (nSPS) is 10.1. The molecule has 0 amide bonds. The van der Waals surface area contributed by atoms with E-state index in [4.69, 9.17) is 16.7 Å². The van der Waals surface area contributed by atoms with Gasteiger partial charge in [0.25, 0.3) is 0 Å². The number of methoxy groups -OCH3 is 1. The summed E-state index contributed by atoms with van der Waals surface area (Å²) in [5.74, 6) is -3.65. The molecule has 82 valence electrons. The van der Waals surface area contributed by atoms with Gasteiger partial charge >= 0.3 is 5.97 Å². The minimum absolute atomic E-state index is 0.0931. The molecule has 0 bridgehead atoms. The van der Waals surface area contributed by atoms with Crippen LogP contribution in [0.1, 0.15) is 5.56 Å². The van der Waals surface area contributed by atoms with E-state index in [0.29, 0.717) is 0 Å². The van der Waals surface area contributed by atoms with E-state index in [2.05, 4.69) is 4.74 Å². The smallest absolute Gasteiger partial charge is 0.307 e. The van der Waals surface area contributed by atoms with Crippen LogP contribution >= 0.6 is 11.6 Å². The van der Waals surface area contributed by atoms with Crippen LogP contribution in [0, 0.1) is 11.6 Å². The van der Waals surface area contributed by atoms with Crippen molar-refractivity contribution in [1.82, 2.24) is 0 Å². The lowest BCUT2D eigenvalue weighted by molar-refractivity contribution is -0.136. The maximum absolute atomic E-state index is 13.3. The third-order valence-corrected chi connectivity index (χ3v) is 2.09. The first-order valence-corrected chi connectivity index (χ1v) is 4.27. The number of carbonyl (C=O) groups is 1. The molecule has 0 radical (unpaired) electrons. The summed E-state index contributed by atoms with van der Waals surface area (Å²) in [7, 11) is 1.15. The van der Waals surface area contributed by atoms with Crippen molar-refractivity contribution in [3.05, 3.63) is 28.3 Å². The van der Waals surface area contributed by atoms with Gasteiger partial charge in [-0.05, 0) is 6.07 Å². The lowest BCUT2D eigenvalue weighted by atomic mass is 10.1. The molecule has 3 nitrogen and oxygen atoms in total. The van der Waals surface area contributed by atoms with Crippen LogP contribution in [0.15, 0.2) is 6.07 Å². The summed E-state index contributed by atoms with van der Waals surface area (Å²) in [6.07, 6.45) is -0.534. The van der Waals surface area contributed by atoms with Crippen LogP contribution in [0.4, 0.5) is 8.78 Å². The van der Waals surface area contributed by atoms with Crippen molar-refractivity contribution in [2.45, 2.75) is 6.42 Å². The van der Waals surface area contributed by atoms with Crippen molar-refractivity contribution in [2.75, 3.05) is 7.11 Å². The van der Waals surface area contributed by atoms with E-state index < -0.39 is 29.0 Å². The van der Waals surface area contributed by atoms with Gasteiger partial charge in [0.1, 0.15) is 10.8 Å². The number of benzene rings is 1. The molecule has 0 aliphatic rings. The van der Waals surface area contributed by atoms with Gasteiger partial charge < -0.3 is 9.84 Å². The van der Waals surface area contributed by atoms with Gasteiger partial charge in [-0.3, -0.25) is 4.79 Å². The van der Waals surface area contributed by atoms with Gasteiger partial charge in [0, 0.05) is 5.56 Å². The Morgan fingerprint density at radius 3 is 2.67 bits per heavy atom. The maximum Gasteiger partial charge on any atom is 0.307 e. The molecule has 1 aromatic rings. The Morgan fingerprint density at radius 1 is 1.60 bits per heavy atom. The molecule has 0 heterocycles. The molecule has 1 N–H and O–H groups in total. The van der Waals surface area contributed by atoms with E-state index in [9.17, 15) is 13.6 Å². The molecule has 0 unspecified atom stereocenters. The average Bonchev–Trinajstić information content (AvgIpc) is 2.14. The monoisotopic (exact) mass is 236 g/mol. The summed E-state index contributed by atoms with van der Waals surface area (Å²) >= 11 is 5.29. The quantitative estimate of drug-likeness (QED) is 0.819. The summed E-state index contributed by atoms with van der Waals surface area (Å²) in [5, 5.41) is 7.80. The van der Waals surface area contributed by atoms with Crippen LogP contribution in [0.3, 0.4) is 0 Å². The fourth-order valence-corrected chi connectivity index (χ4v) is 1.28. The van der Waals surface area contributed by atoms with Crippen LogP contribution in [0.2, 0.25) is 5.02 Å². The highest BCUT2D eigenvalue weighted by molar-refractivity contribution is 6.31. The number of hydrogen-bond donors (Lipinski definition) is 1. The van der Waals surface area contributed by atoms with E-state index >= 15 is 0 Å². The van der Waals surface area contributed by atoms with Gasteiger partial charge in [0.05, 0.1) is 13.5 Å². The number of carboxylic acid groups (broad SMARTS) is 1. The molecule has 1 aromatic carbocycles. The first kappa shape index (κ1) is 11.7. The van der Waals surface area contributed by atoms with Gasteiger partial charge in [0.2, 0.25) is 0 Å². The zero-order valence-corrected chi connectivity index (χ0v) is 8.44. The number of ether oxygens (including phenoxy) is 1. The van der Waals surface area contributed by atoms with Crippen molar-refractivity contribution >= 4 is 17.6 Å². The van der Waals surface area contributed by atoms with Crippen molar-refractivity contribution < 1.29 is 23.4 Å². The van der Waals surface area contributed by atoms with E-state index in [0.717, 1.165) is 13.2 Å². The molecule has 1 rings (SSSR count). The zero-order chi connectivity index (χ0) is 11.6. The Hall–Kier alpha value is -1.36. The number of hydrogen-bond acceptors (Lipinski definition) is 2. The molecular formula is C9H7ClF2O3. The van der Waals surface area contributed by atoms with Crippen LogP contribution in [0.5, 0.6) is 5.75 Å². The highest BCUT2D eigenvalue weighted by Crippen LogP contribution is 2.31. The summed E-state index contributed by atoms with van der Waals surface area (Å²) in [6.45, 7) is 0. The fourth-order valence-electron chi connectivity index (χ4n) is 1.14. The Morgan fingerprint density at radius 2 is 2.20 bits per heavy atom. The zero-order valence-electron chi connectivity index (χ0n) is 7.68. The van der Waals surface area contributed by atoms with Crippen molar-refractivity contribution in [2.24, 2.45) is 0 Å². The summed E-state index contributed by atoms with van der Waals surface area (Å²) < 4.78 is 30.9. The molecule has 0 aromatic heterocycles. The molecule has 6 heteroatoms. The lowest BCUT2D eigenvalue weighted by Gasteiger charge is -2.09. The van der Waals surface area contributed by atoms with Gasteiger partial charge in [0.15, 0.2) is 11.6 Å². The molecule has 0 aliphatic heterocycles. The molecule has 0 saturated heterocycles. The Balaban J connectivity index is 3.31. The van der Waals surface area contributed by atoms with Gasteiger partial charge in [-0.15, -0.1) is 0 Å². The molecule has 0 aliphatic carbocycles. The van der Waals surface area contributed by atoms with Crippen molar-refractivity contribution in [3.8, 4) is 5.75 Å². The third-order valence-electron chi connectivity index (χ3n) is 1.74. The molecule has 15 heavy (non-hydrogen) atoms. The minimum atomic E-state index is -1.21. The molecular weight excluding hydrogens is 230 g/mol. The van der Waals surface area contributed by atoms with Crippen molar-refractivity contribution in [1.29, 1.82) is 0 Å². The van der Waals surface area contributed by atoms with E-state index in [1.165, 1.54) is 0 Å². The molecule has 0 saturated carbocycles. The first-order chi connectivity index (χ1) is 6.97. The second-order valence-corrected chi connectivity index (χ2v) is 3.13. The number of halogens is 3. The first-order valence-electron chi connectivity index (χ1n) is 3.89. The second kappa shape index (κ2) is 4.44. The highest BCUT2D eigenvalue weighted by atomic mass is 35.5. The largest absolute Gasteiger partial charge is 0.493 e. The molecule has 0 atom stereocenters. The average molecular weight is 237 g/mol. The van der Waals surface area contributed by atoms with Crippen LogP contribution < -0.4 is 4.74 Å². The fraction of sp³-hybridized carbons (Fsp3) is 0.222. The summed E-state index contributed by atoms with van der Waals surface area (Å²) in [6, 6.07) is 0.846. The van der Waals surface area contributed by atoms with Gasteiger partial charge in [-0.25, -0.2) is 8.78 Å². The number of rotatable bonds is 3. The number of aliphatic carboxylic acids is 1. The van der Waals surface area contributed by atoms with Gasteiger partial charge in [-0.1, -0.05) is 11.6 Å². The van der Waals surface area contributed by atoms with E-state index in [1.54, 1.807) is 0 Å². The van der Waals surface area contributed by atoms with Crippen LogP contribution in [-0.2, 0) is 11.2 Å². The van der Waals surface area contributed by atoms with Crippen LogP contribution in [-0.4, -0.2) is 18.2 Å². The topological polar surface area (TPSA) is 46.5 Å². The minimum Gasteiger partial charge on any atom is -0.493 e. The Labute approximate surface area is 89.2 Å². The highest BCUT2D eigenvalue weighted by Gasteiger charge is 2.19. The van der Waals surface area contributed by atoms with Gasteiger partial charge in [-0.2, -0.15) is 0 Å². The standard InChI is InChI=1S/C9H7ClF2O3/c1-15-9-4(3-6(13)14)2-5(11)7(10)8(9)12/h2H,3H2,1H3,(H,13,14). The Bertz CT molecular complexity index is 407.